The van der Waals surface area contributed by atoms with Crippen LogP contribution >= 0.6 is 0 Å². The third-order valence-electron chi connectivity index (χ3n) is 5.04. The Morgan fingerprint density at radius 2 is 2.27 bits per heavy atom. The molecule has 2 aliphatic heterocycles. The van der Waals surface area contributed by atoms with E-state index in [0.717, 1.165) is 31.4 Å². The maximum atomic E-state index is 12.8. The number of hydrogen-bond donors (Lipinski definition) is 1. The first-order chi connectivity index (χ1) is 12.3. The highest BCUT2D eigenvalue weighted by Gasteiger charge is 2.47. The van der Waals surface area contributed by atoms with Crippen LogP contribution in [0.3, 0.4) is 0 Å². The van der Waals surface area contributed by atoms with E-state index in [1.165, 1.54) is 12.1 Å². The van der Waals surface area contributed by atoms with E-state index in [9.17, 15) is 18.0 Å². The molecule has 2 saturated heterocycles. The van der Waals surface area contributed by atoms with E-state index in [2.05, 4.69) is 5.32 Å². The van der Waals surface area contributed by atoms with Crippen molar-refractivity contribution in [1.82, 2.24) is 4.90 Å². The van der Waals surface area contributed by atoms with E-state index in [1.54, 1.807) is 7.11 Å². The van der Waals surface area contributed by atoms with Crippen LogP contribution in [-0.2, 0) is 20.4 Å². The summed E-state index contributed by atoms with van der Waals surface area (Å²) in [4.78, 5) is 14.3. The van der Waals surface area contributed by atoms with E-state index < -0.39 is 11.7 Å². The van der Waals surface area contributed by atoms with E-state index in [-0.39, 0.29) is 29.8 Å². The second-order valence-electron chi connectivity index (χ2n) is 6.87. The van der Waals surface area contributed by atoms with Crippen molar-refractivity contribution in [3.8, 4) is 0 Å². The molecule has 2 fully saturated rings. The molecular weight excluding hydrogens is 349 g/mol. The highest BCUT2D eigenvalue weighted by atomic mass is 19.4. The van der Waals surface area contributed by atoms with Gasteiger partial charge in [-0.2, -0.15) is 13.2 Å². The number of nitrogens with one attached hydrogen (secondary N) is 1. The zero-order chi connectivity index (χ0) is 18.8. The van der Waals surface area contributed by atoms with Crippen LogP contribution in [0.2, 0.25) is 0 Å². The molecule has 5 nitrogen and oxygen atoms in total. The number of piperidine rings is 1. The molecule has 1 N–H and O–H groups in total. The number of rotatable bonds is 4. The lowest BCUT2D eigenvalue weighted by molar-refractivity contribution is -0.146. The van der Waals surface area contributed by atoms with Gasteiger partial charge < -0.3 is 14.8 Å². The van der Waals surface area contributed by atoms with E-state index in [0.29, 0.717) is 19.7 Å². The number of nitrogens with zero attached hydrogens (tertiary/aromatic N) is 1. The summed E-state index contributed by atoms with van der Waals surface area (Å²) in [5, 5.41) is 2.55. The van der Waals surface area contributed by atoms with Crippen LogP contribution < -0.4 is 5.32 Å². The Labute approximate surface area is 150 Å². The van der Waals surface area contributed by atoms with E-state index in [1.807, 2.05) is 4.90 Å². The van der Waals surface area contributed by atoms with Gasteiger partial charge in [-0.05, 0) is 37.5 Å². The highest BCUT2D eigenvalue weighted by molar-refractivity contribution is 5.92. The summed E-state index contributed by atoms with van der Waals surface area (Å²) in [5.74, 6) is -0.340. The van der Waals surface area contributed by atoms with E-state index >= 15 is 0 Å². The fourth-order valence-electron chi connectivity index (χ4n) is 3.86. The lowest BCUT2D eigenvalue weighted by Gasteiger charge is -2.44. The summed E-state index contributed by atoms with van der Waals surface area (Å²) in [6, 6.07) is 4.65. The standard InChI is InChI=1S/C18H23F3N2O3/c1-25-15-6-8-23(12-17(15)7-3-9-26-17)11-16(24)22-14-5-2-4-13(10-14)18(19,20)21/h2,4-5,10,15H,3,6-9,11-12H2,1H3,(H,22,24)/t15-,17+/m1/s1. The molecule has 0 radical (unpaired) electrons. The minimum absolute atomic E-state index is 0.00720. The van der Waals surface area contributed by atoms with Gasteiger partial charge in [-0.15, -0.1) is 0 Å². The van der Waals surface area contributed by atoms with Gasteiger partial charge in [0.25, 0.3) is 0 Å². The second-order valence-corrected chi connectivity index (χ2v) is 6.87. The highest BCUT2D eigenvalue weighted by Crippen LogP contribution is 2.36. The molecule has 0 unspecified atom stereocenters. The van der Waals surface area contributed by atoms with Crippen LogP contribution in [0.4, 0.5) is 18.9 Å². The number of likely N-dealkylation sites (tertiary alicyclic amines) is 1. The van der Waals surface area contributed by atoms with Crippen molar-refractivity contribution >= 4 is 11.6 Å². The quantitative estimate of drug-likeness (QED) is 0.883. The van der Waals surface area contributed by atoms with E-state index in [4.69, 9.17) is 9.47 Å². The van der Waals surface area contributed by atoms with Crippen LogP contribution in [0.5, 0.6) is 0 Å². The zero-order valence-electron chi connectivity index (χ0n) is 14.6. The predicted molar refractivity (Wildman–Crippen MR) is 89.8 cm³/mol. The largest absolute Gasteiger partial charge is 0.416 e. The number of anilines is 1. The Hall–Kier alpha value is -1.64. The summed E-state index contributed by atoms with van der Waals surface area (Å²) < 4.78 is 49.8. The first kappa shape index (κ1) is 19.1. The Bertz CT molecular complexity index is 645. The first-order valence-corrected chi connectivity index (χ1v) is 8.69. The van der Waals surface area contributed by atoms with Crippen LogP contribution in [0.25, 0.3) is 0 Å². The maximum absolute atomic E-state index is 12.8. The molecule has 1 amide bonds. The summed E-state index contributed by atoms with van der Waals surface area (Å²) in [7, 11) is 1.67. The van der Waals surface area contributed by atoms with Crippen molar-refractivity contribution < 1.29 is 27.4 Å². The SMILES string of the molecule is CO[C@@H]1CCN(CC(=O)Nc2cccc(C(F)(F)F)c2)C[C@@]12CCCO2. The van der Waals surface area contributed by atoms with Crippen molar-refractivity contribution in [1.29, 1.82) is 0 Å². The normalized spacial score (nSPS) is 27.0. The van der Waals surface area contributed by atoms with Crippen molar-refractivity contribution in [2.75, 3.05) is 38.7 Å². The number of alkyl halides is 3. The van der Waals surface area contributed by atoms with Crippen molar-refractivity contribution in [2.45, 2.75) is 37.1 Å². The van der Waals surface area contributed by atoms with Crippen molar-refractivity contribution in [2.24, 2.45) is 0 Å². The van der Waals surface area contributed by atoms with Crippen LogP contribution in [0, 0.1) is 0 Å². The number of hydrogen-bond acceptors (Lipinski definition) is 4. The summed E-state index contributed by atoms with van der Waals surface area (Å²) in [5.41, 5.74) is -1.03. The van der Waals surface area contributed by atoms with Crippen molar-refractivity contribution in [3.05, 3.63) is 29.8 Å². The molecule has 0 aliphatic carbocycles. The Kier molecular flexibility index (Phi) is 5.55. The molecule has 1 aromatic carbocycles. The number of benzene rings is 1. The van der Waals surface area contributed by atoms with Gasteiger partial charge in [-0.25, -0.2) is 0 Å². The topological polar surface area (TPSA) is 50.8 Å². The maximum Gasteiger partial charge on any atom is 0.416 e. The van der Waals surface area contributed by atoms with Gasteiger partial charge in [0.15, 0.2) is 0 Å². The molecule has 2 atom stereocenters. The third kappa shape index (κ3) is 4.19. The molecule has 0 aromatic heterocycles. The van der Waals surface area contributed by atoms with Gasteiger partial charge >= 0.3 is 6.18 Å². The number of methoxy groups -OCH3 is 1. The number of carbonyl (C=O) groups is 1. The summed E-state index contributed by atoms with van der Waals surface area (Å²) in [6.07, 6.45) is -1.82. The molecule has 1 spiro atoms. The molecule has 26 heavy (non-hydrogen) atoms. The minimum atomic E-state index is -4.44. The van der Waals surface area contributed by atoms with Crippen LogP contribution in [0.1, 0.15) is 24.8 Å². The molecule has 3 rings (SSSR count). The fraction of sp³-hybridized carbons (Fsp3) is 0.611. The zero-order valence-corrected chi connectivity index (χ0v) is 14.6. The summed E-state index contributed by atoms with van der Waals surface area (Å²) in [6.45, 7) is 2.06. The van der Waals surface area contributed by atoms with Gasteiger partial charge in [-0.3, -0.25) is 9.69 Å². The van der Waals surface area contributed by atoms with Gasteiger partial charge in [0.2, 0.25) is 5.91 Å². The number of halogens is 3. The number of ether oxygens (including phenoxy) is 2. The van der Waals surface area contributed by atoms with Gasteiger partial charge in [0.05, 0.1) is 18.2 Å². The second kappa shape index (κ2) is 7.54. The smallest absolute Gasteiger partial charge is 0.378 e. The molecule has 144 valence electrons. The summed E-state index contributed by atoms with van der Waals surface area (Å²) >= 11 is 0. The van der Waals surface area contributed by atoms with Crippen LogP contribution in [0.15, 0.2) is 24.3 Å². The molecule has 0 saturated carbocycles. The fourth-order valence-corrected chi connectivity index (χ4v) is 3.86. The monoisotopic (exact) mass is 372 g/mol. The molecule has 1 aromatic rings. The van der Waals surface area contributed by atoms with Gasteiger partial charge in [-0.1, -0.05) is 6.07 Å². The van der Waals surface area contributed by atoms with Gasteiger partial charge in [0.1, 0.15) is 5.60 Å². The lowest BCUT2D eigenvalue weighted by atomic mass is 9.87. The van der Waals surface area contributed by atoms with Crippen molar-refractivity contribution in [3.63, 3.8) is 0 Å². The Morgan fingerprint density at radius 1 is 1.46 bits per heavy atom. The molecular formula is C18H23F3N2O3. The molecule has 8 heteroatoms. The average molecular weight is 372 g/mol. The lowest BCUT2D eigenvalue weighted by Crippen LogP contribution is -2.58. The predicted octanol–water partition coefficient (Wildman–Crippen LogP) is 2.91. The first-order valence-electron chi connectivity index (χ1n) is 8.69. The molecule has 0 bridgehead atoms. The Morgan fingerprint density at radius 3 is 2.92 bits per heavy atom. The Balaban J connectivity index is 1.60. The molecule has 2 heterocycles. The third-order valence-corrected chi connectivity index (χ3v) is 5.04. The number of amides is 1. The average Bonchev–Trinajstić information content (AvgIpc) is 3.03. The van der Waals surface area contributed by atoms with Crippen LogP contribution in [-0.4, -0.2) is 55.9 Å². The minimum Gasteiger partial charge on any atom is -0.378 e. The van der Waals surface area contributed by atoms with Gasteiger partial charge in [0, 0.05) is 32.5 Å². The number of carbonyl (C=O) groups excluding carboxylic acids is 1. The molecule has 2 aliphatic rings.